The highest BCUT2D eigenvalue weighted by Gasteiger charge is 2.14. The Morgan fingerprint density at radius 3 is 2.13 bits per heavy atom. The number of hydrogen-bond donors (Lipinski definition) is 0. The number of aryl methyl sites for hydroxylation is 1. The van der Waals surface area contributed by atoms with Gasteiger partial charge in [-0.3, -0.25) is 0 Å². The van der Waals surface area contributed by atoms with Gasteiger partial charge >= 0.3 is 5.97 Å². The molecule has 15 heavy (non-hydrogen) atoms. The fourth-order valence-electron chi connectivity index (χ4n) is 1.06. The second-order valence-electron chi connectivity index (χ2n) is 4.22. The van der Waals surface area contributed by atoms with E-state index in [-0.39, 0.29) is 12.1 Å². The molecule has 0 spiro atoms. The Labute approximate surface area is 91.3 Å². The average Bonchev–Trinajstić information content (AvgIpc) is 2.18. The number of ether oxygens (including phenoxy) is 1. The van der Waals surface area contributed by atoms with Crippen LogP contribution >= 0.6 is 0 Å². The third-order valence-corrected chi connectivity index (χ3v) is 2.52. The summed E-state index contributed by atoms with van der Waals surface area (Å²) in [5, 5.41) is 0. The SMILES string of the molecule is Cc1ccc(C(=O)OC(C)C(C)C)cc1. The molecule has 0 aliphatic carbocycles. The van der Waals surface area contributed by atoms with Crippen molar-refractivity contribution in [2.45, 2.75) is 33.8 Å². The molecule has 1 rings (SSSR count). The van der Waals surface area contributed by atoms with Crippen molar-refractivity contribution in [3.63, 3.8) is 0 Å². The zero-order valence-electron chi connectivity index (χ0n) is 9.78. The molecule has 1 atom stereocenters. The summed E-state index contributed by atoms with van der Waals surface area (Å²) >= 11 is 0. The van der Waals surface area contributed by atoms with E-state index in [1.165, 1.54) is 0 Å². The summed E-state index contributed by atoms with van der Waals surface area (Å²) in [7, 11) is 0. The quantitative estimate of drug-likeness (QED) is 0.710. The number of carbonyl (C=O) groups excluding carboxylic acids is 1. The minimum absolute atomic E-state index is 0.0428. The average molecular weight is 206 g/mol. The molecule has 2 nitrogen and oxygen atoms in total. The number of benzene rings is 1. The van der Waals surface area contributed by atoms with E-state index in [0.717, 1.165) is 5.56 Å². The van der Waals surface area contributed by atoms with Crippen LogP contribution in [0.3, 0.4) is 0 Å². The first-order valence-corrected chi connectivity index (χ1v) is 5.28. The molecule has 82 valence electrons. The minimum Gasteiger partial charge on any atom is -0.459 e. The zero-order chi connectivity index (χ0) is 11.4. The van der Waals surface area contributed by atoms with Crippen LogP contribution in [0.4, 0.5) is 0 Å². The van der Waals surface area contributed by atoms with E-state index >= 15 is 0 Å². The van der Waals surface area contributed by atoms with E-state index in [9.17, 15) is 4.79 Å². The van der Waals surface area contributed by atoms with E-state index < -0.39 is 0 Å². The third-order valence-electron chi connectivity index (χ3n) is 2.52. The molecule has 0 heterocycles. The normalized spacial score (nSPS) is 12.6. The summed E-state index contributed by atoms with van der Waals surface area (Å²) in [6, 6.07) is 7.42. The minimum atomic E-state index is -0.240. The topological polar surface area (TPSA) is 26.3 Å². The molecule has 2 heteroatoms. The van der Waals surface area contributed by atoms with Gasteiger partial charge in [0.25, 0.3) is 0 Å². The first-order chi connectivity index (χ1) is 7.00. The molecule has 0 aliphatic rings. The van der Waals surface area contributed by atoms with Crippen LogP contribution in [0.2, 0.25) is 0 Å². The molecule has 1 aromatic rings. The number of rotatable bonds is 3. The smallest absolute Gasteiger partial charge is 0.338 e. The first-order valence-electron chi connectivity index (χ1n) is 5.28. The lowest BCUT2D eigenvalue weighted by atomic mass is 10.1. The van der Waals surface area contributed by atoms with E-state index in [1.807, 2.05) is 39.8 Å². The molecule has 0 aromatic heterocycles. The van der Waals surface area contributed by atoms with E-state index in [1.54, 1.807) is 12.1 Å². The molecule has 0 aliphatic heterocycles. The highest BCUT2D eigenvalue weighted by Crippen LogP contribution is 2.10. The third kappa shape index (κ3) is 3.39. The number of esters is 1. The molecule has 1 unspecified atom stereocenters. The lowest BCUT2D eigenvalue weighted by Gasteiger charge is -2.16. The Morgan fingerprint density at radius 1 is 1.13 bits per heavy atom. The van der Waals surface area contributed by atoms with E-state index in [4.69, 9.17) is 4.74 Å². The second kappa shape index (κ2) is 4.96. The highest BCUT2D eigenvalue weighted by molar-refractivity contribution is 5.89. The van der Waals surface area contributed by atoms with Crippen molar-refractivity contribution in [2.24, 2.45) is 5.92 Å². The molecule has 0 saturated carbocycles. The highest BCUT2D eigenvalue weighted by atomic mass is 16.5. The van der Waals surface area contributed by atoms with E-state index in [0.29, 0.717) is 11.5 Å². The summed E-state index contributed by atoms with van der Waals surface area (Å²) in [6.07, 6.45) is -0.0428. The van der Waals surface area contributed by atoms with Gasteiger partial charge in [-0.15, -0.1) is 0 Å². The first kappa shape index (κ1) is 11.8. The summed E-state index contributed by atoms with van der Waals surface area (Å²) in [6.45, 7) is 7.97. The van der Waals surface area contributed by atoms with Crippen molar-refractivity contribution in [1.82, 2.24) is 0 Å². The van der Waals surface area contributed by atoms with Crippen molar-refractivity contribution in [3.8, 4) is 0 Å². The van der Waals surface area contributed by atoms with Crippen molar-refractivity contribution in [1.29, 1.82) is 0 Å². The van der Waals surface area contributed by atoms with Gasteiger partial charge in [-0.25, -0.2) is 4.79 Å². The lowest BCUT2D eigenvalue weighted by Crippen LogP contribution is -2.20. The van der Waals surface area contributed by atoms with Crippen LogP contribution in [-0.4, -0.2) is 12.1 Å². The molecule has 0 amide bonds. The molecule has 0 N–H and O–H groups in total. The van der Waals surface area contributed by atoms with Gasteiger partial charge in [0.2, 0.25) is 0 Å². The van der Waals surface area contributed by atoms with Gasteiger partial charge in [0.1, 0.15) is 6.10 Å². The summed E-state index contributed by atoms with van der Waals surface area (Å²) in [4.78, 5) is 11.6. The standard InChI is InChI=1S/C13H18O2/c1-9(2)11(4)15-13(14)12-7-5-10(3)6-8-12/h5-9,11H,1-4H3. The van der Waals surface area contributed by atoms with Gasteiger partial charge in [-0.2, -0.15) is 0 Å². The van der Waals surface area contributed by atoms with Gasteiger partial charge < -0.3 is 4.74 Å². The van der Waals surface area contributed by atoms with Gasteiger partial charge in [-0.05, 0) is 31.9 Å². The van der Waals surface area contributed by atoms with Crippen LogP contribution in [0.1, 0.15) is 36.7 Å². The summed E-state index contributed by atoms with van der Waals surface area (Å²) < 4.78 is 5.30. The van der Waals surface area contributed by atoms with Crippen molar-refractivity contribution in [2.75, 3.05) is 0 Å². The van der Waals surface area contributed by atoms with Gasteiger partial charge in [0.05, 0.1) is 5.56 Å². The Kier molecular flexibility index (Phi) is 3.89. The number of carbonyl (C=O) groups is 1. The van der Waals surface area contributed by atoms with Crippen LogP contribution in [0, 0.1) is 12.8 Å². The maximum atomic E-state index is 11.6. The molecular formula is C13H18O2. The maximum Gasteiger partial charge on any atom is 0.338 e. The summed E-state index contributed by atoms with van der Waals surface area (Å²) in [5.74, 6) is 0.107. The fourth-order valence-corrected chi connectivity index (χ4v) is 1.06. The summed E-state index contributed by atoms with van der Waals surface area (Å²) in [5.41, 5.74) is 1.76. The van der Waals surface area contributed by atoms with Crippen LogP contribution in [-0.2, 0) is 4.74 Å². The van der Waals surface area contributed by atoms with Crippen LogP contribution in [0.25, 0.3) is 0 Å². The predicted octanol–water partition coefficient (Wildman–Crippen LogP) is 3.20. The zero-order valence-corrected chi connectivity index (χ0v) is 9.78. The molecule has 0 bridgehead atoms. The molecule has 0 fully saturated rings. The Bertz CT molecular complexity index is 325. The number of hydrogen-bond acceptors (Lipinski definition) is 2. The van der Waals surface area contributed by atoms with Crippen molar-refractivity contribution in [3.05, 3.63) is 35.4 Å². The van der Waals surface area contributed by atoms with E-state index in [2.05, 4.69) is 0 Å². The predicted molar refractivity (Wildman–Crippen MR) is 60.9 cm³/mol. The largest absolute Gasteiger partial charge is 0.459 e. The van der Waals surface area contributed by atoms with Crippen LogP contribution in [0.15, 0.2) is 24.3 Å². The Hall–Kier alpha value is -1.31. The molecular weight excluding hydrogens is 188 g/mol. The Morgan fingerprint density at radius 2 is 1.67 bits per heavy atom. The maximum absolute atomic E-state index is 11.6. The molecule has 0 radical (unpaired) electrons. The Balaban J connectivity index is 2.65. The second-order valence-corrected chi connectivity index (χ2v) is 4.22. The molecule has 1 aromatic carbocycles. The van der Waals surface area contributed by atoms with Crippen molar-refractivity contribution >= 4 is 5.97 Å². The monoisotopic (exact) mass is 206 g/mol. The van der Waals surface area contributed by atoms with Gasteiger partial charge in [-0.1, -0.05) is 31.5 Å². The van der Waals surface area contributed by atoms with Gasteiger partial charge in [0.15, 0.2) is 0 Å². The fraction of sp³-hybridized carbons (Fsp3) is 0.462. The molecule has 0 saturated heterocycles. The van der Waals surface area contributed by atoms with Crippen LogP contribution < -0.4 is 0 Å². The van der Waals surface area contributed by atoms with Crippen LogP contribution in [0.5, 0.6) is 0 Å². The van der Waals surface area contributed by atoms with Crippen molar-refractivity contribution < 1.29 is 9.53 Å². The lowest BCUT2D eigenvalue weighted by molar-refractivity contribution is 0.0238. The van der Waals surface area contributed by atoms with Gasteiger partial charge in [0, 0.05) is 0 Å².